The van der Waals surface area contributed by atoms with Gasteiger partial charge in [-0.05, 0) is 19.8 Å². The van der Waals surface area contributed by atoms with Gasteiger partial charge in [-0.1, -0.05) is 6.92 Å². The van der Waals surface area contributed by atoms with Crippen LogP contribution in [-0.4, -0.2) is 40.4 Å². The molecule has 0 amide bonds. The Balaban J connectivity index is 2.31. The average molecular weight is 281 g/mol. The van der Waals surface area contributed by atoms with Gasteiger partial charge < -0.3 is 20.6 Å². The second kappa shape index (κ2) is 6.34. The number of anilines is 2. The van der Waals surface area contributed by atoms with E-state index in [4.69, 9.17) is 10.6 Å². The van der Waals surface area contributed by atoms with Crippen molar-refractivity contribution in [2.75, 3.05) is 30.6 Å². The van der Waals surface area contributed by atoms with Crippen LogP contribution in [0.2, 0.25) is 0 Å². The highest BCUT2D eigenvalue weighted by Crippen LogP contribution is 2.28. The second-order valence-electron chi connectivity index (χ2n) is 5.14. The van der Waals surface area contributed by atoms with Gasteiger partial charge in [0.15, 0.2) is 0 Å². The molecule has 7 nitrogen and oxygen atoms in total. The third-order valence-electron chi connectivity index (χ3n) is 3.78. The summed E-state index contributed by atoms with van der Waals surface area (Å²) in [5.41, 5.74) is 3.07. The molecule has 20 heavy (non-hydrogen) atoms. The molecule has 0 bridgehead atoms. The van der Waals surface area contributed by atoms with Crippen LogP contribution in [0.3, 0.4) is 0 Å². The van der Waals surface area contributed by atoms with Crippen LogP contribution < -0.4 is 16.6 Å². The van der Waals surface area contributed by atoms with Crippen molar-refractivity contribution in [2.45, 2.75) is 38.6 Å². The van der Waals surface area contributed by atoms with Crippen molar-refractivity contribution in [3.8, 4) is 0 Å². The number of aliphatic hydroxyl groups is 1. The Bertz CT molecular complexity index is 460. The number of rotatable bonds is 5. The summed E-state index contributed by atoms with van der Waals surface area (Å²) in [5, 5.41) is 13.1. The fourth-order valence-electron chi connectivity index (χ4n) is 2.32. The van der Waals surface area contributed by atoms with E-state index in [9.17, 15) is 5.11 Å². The summed E-state index contributed by atoms with van der Waals surface area (Å²) >= 11 is 0. The first kappa shape index (κ1) is 15.0. The lowest BCUT2D eigenvalue weighted by Gasteiger charge is -2.37. The molecule has 112 valence electrons. The maximum atomic E-state index is 9.74. The van der Waals surface area contributed by atoms with Crippen LogP contribution in [0.25, 0.3) is 0 Å². The van der Waals surface area contributed by atoms with E-state index in [1.165, 1.54) is 0 Å². The molecule has 0 aromatic carbocycles. The molecule has 0 aliphatic carbocycles. The summed E-state index contributed by atoms with van der Waals surface area (Å²) in [7, 11) is 0. The Hall–Kier alpha value is -1.44. The largest absolute Gasteiger partial charge is 0.394 e. The first-order chi connectivity index (χ1) is 9.64. The molecule has 1 saturated heterocycles. The van der Waals surface area contributed by atoms with Crippen molar-refractivity contribution in [1.82, 2.24) is 9.97 Å². The summed E-state index contributed by atoms with van der Waals surface area (Å²) in [4.78, 5) is 8.85. The van der Waals surface area contributed by atoms with Crippen LogP contribution in [0.1, 0.15) is 31.2 Å². The van der Waals surface area contributed by atoms with E-state index >= 15 is 0 Å². The highest BCUT2D eigenvalue weighted by Gasteiger charge is 2.33. The van der Waals surface area contributed by atoms with E-state index in [2.05, 4.69) is 20.7 Å². The van der Waals surface area contributed by atoms with Gasteiger partial charge in [0.05, 0.1) is 12.1 Å². The van der Waals surface area contributed by atoms with Crippen LogP contribution in [0.5, 0.6) is 0 Å². The lowest BCUT2D eigenvalue weighted by molar-refractivity contribution is 0.0378. The van der Waals surface area contributed by atoms with Crippen molar-refractivity contribution < 1.29 is 9.84 Å². The maximum Gasteiger partial charge on any atom is 0.148 e. The van der Waals surface area contributed by atoms with Crippen LogP contribution in [-0.2, 0) is 11.2 Å². The fraction of sp³-hybridized carbons (Fsp3) is 0.692. The lowest BCUT2D eigenvalue weighted by atomic mass is 9.91. The smallest absolute Gasteiger partial charge is 0.148 e. The molecule has 7 heteroatoms. The molecular formula is C13H23N5O2. The number of nitrogens with one attached hydrogen (secondary N) is 2. The van der Waals surface area contributed by atoms with Crippen LogP contribution in [0.4, 0.5) is 11.6 Å². The standard InChI is InChI=1S/C13H23N5O2/c1-3-10-15-11(9(2)12(16-10)18-14)17-13(8-19)4-6-20-7-5-13/h19H,3-8,14H2,1-2H3,(H2,15,16,17,18). The summed E-state index contributed by atoms with van der Waals surface area (Å²) in [6.45, 7) is 5.22. The third kappa shape index (κ3) is 3.00. The second-order valence-corrected chi connectivity index (χ2v) is 5.14. The van der Waals surface area contributed by atoms with Gasteiger partial charge in [0.2, 0.25) is 0 Å². The van der Waals surface area contributed by atoms with E-state index in [-0.39, 0.29) is 12.1 Å². The number of ether oxygens (including phenoxy) is 1. The van der Waals surface area contributed by atoms with Gasteiger partial charge in [-0.3, -0.25) is 0 Å². The zero-order valence-electron chi connectivity index (χ0n) is 12.1. The van der Waals surface area contributed by atoms with Crippen LogP contribution in [0, 0.1) is 6.92 Å². The predicted octanol–water partition coefficient (Wildman–Crippen LogP) is 0.586. The molecule has 0 radical (unpaired) electrons. The van der Waals surface area contributed by atoms with Crippen molar-refractivity contribution in [3.05, 3.63) is 11.4 Å². The average Bonchev–Trinajstić information content (AvgIpc) is 2.50. The number of aliphatic hydroxyl groups excluding tert-OH is 1. The minimum atomic E-state index is -0.381. The monoisotopic (exact) mass is 281 g/mol. The number of nitrogens with zero attached hydrogens (tertiary/aromatic N) is 2. The fourth-order valence-corrected chi connectivity index (χ4v) is 2.32. The number of hydrazine groups is 1. The SMILES string of the molecule is CCc1nc(NN)c(C)c(NC2(CO)CCOCC2)n1. The van der Waals surface area contributed by atoms with Crippen molar-refractivity contribution >= 4 is 11.6 Å². The summed E-state index contributed by atoms with van der Waals surface area (Å²) in [5.74, 6) is 7.55. The van der Waals surface area contributed by atoms with Crippen LogP contribution >= 0.6 is 0 Å². The highest BCUT2D eigenvalue weighted by atomic mass is 16.5. The minimum absolute atomic E-state index is 0.0483. The minimum Gasteiger partial charge on any atom is -0.394 e. The molecule has 1 aliphatic rings. The molecule has 0 spiro atoms. The predicted molar refractivity (Wildman–Crippen MR) is 77.4 cm³/mol. The molecule has 1 aromatic rings. The van der Waals surface area contributed by atoms with E-state index in [0.29, 0.717) is 24.9 Å². The zero-order valence-corrected chi connectivity index (χ0v) is 12.1. The Morgan fingerprint density at radius 2 is 1.95 bits per heavy atom. The van der Waals surface area contributed by atoms with Gasteiger partial charge >= 0.3 is 0 Å². The number of hydrogen-bond acceptors (Lipinski definition) is 7. The molecule has 5 N–H and O–H groups in total. The quantitative estimate of drug-likeness (QED) is 0.462. The molecule has 2 rings (SSSR count). The lowest BCUT2D eigenvalue weighted by Crippen LogP contribution is -2.47. The number of aryl methyl sites for hydroxylation is 1. The Morgan fingerprint density at radius 3 is 2.50 bits per heavy atom. The first-order valence-electron chi connectivity index (χ1n) is 6.95. The number of aromatic nitrogens is 2. The zero-order chi connectivity index (χ0) is 14.6. The first-order valence-corrected chi connectivity index (χ1v) is 6.95. The maximum absolute atomic E-state index is 9.74. The van der Waals surface area contributed by atoms with Gasteiger partial charge in [0.25, 0.3) is 0 Å². The molecule has 0 atom stereocenters. The van der Waals surface area contributed by atoms with Gasteiger partial charge in [0.1, 0.15) is 17.5 Å². The van der Waals surface area contributed by atoms with E-state index < -0.39 is 0 Å². The van der Waals surface area contributed by atoms with Crippen LogP contribution in [0.15, 0.2) is 0 Å². The molecular weight excluding hydrogens is 258 g/mol. The van der Waals surface area contributed by atoms with Gasteiger partial charge in [-0.2, -0.15) is 0 Å². The normalized spacial score (nSPS) is 17.8. The van der Waals surface area contributed by atoms with E-state index in [1.807, 2.05) is 13.8 Å². The van der Waals surface area contributed by atoms with Gasteiger partial charge in [0, 0.05) is 25.2 Å². The highest BCUT2D eigenvalue weighted by molar-refractivity contribution is 5.57. The van der Waals surface area contributed by atoms with E-state index in [0.717, 1.165) is 30.6 Å². The van der Waals surface area contributed by atoms with Gasteiger partial charge in [-0.15, -0.1) is 0 Å². The Morgan fingerprint density at radius 1 is 1.30 bits per heavy atom. The molecule has 0 unspecified atom stereocenters. The molecule has 0 saturated carbocycles. The Labute approximate surface area is 118 Å². The van der Waals surface area contributed by atoms with Crippen molar-refractivity contribution in [1.29, 1.82) is 0 Å². The van der Waals surface area contributed by atoms with E-state index in [1.54, 1.807) is 0 Å². The summed E-state index contributed by atoms with van der Waals surface area (Å²) < 4.78 is 5.37. The Kier molecular flexibility index (Phi) is 4.74. The molecule has 1 fully saturated rings. The topological polar surface area (TPSA) is 105 Å². The molecule has 2 heterocycles. The molecule has 1 aromatic heterocycles. The summed E-state index contributed by atoms with van der Waals surface area (Å²) in [6, 6.07) is 0. The van der Waals surface area contributed by atoms with Gasteiger partial charge in [-0.25, -0.2) is 15.8 Å². The van der Waals surface area contributed by atoms with Crippen molar-refractivity contribution in [3.63, 3.8) is 0 Å². The number of hydrogen-bond donors (Lipinski definition) is 4. The summed E-state index contributed by atoms with van der Waals surface area (Å²) in [6.07, 6.45) is 2.22. The number of nitrogens with two attached hydrogens (primary N) is 1. The third-order valence-corrected chi connectivity index (χ3v) is 3.78. The van der Waals surface area contributed by atoms with Crippen molar-refractivity contribution in [2.24, 2.45) is 5.84 Å². The number of nitrogen functional groups attached to an aromatic ring is 1. The molecule has 1 aliphatic heterocycles.